The number of halogens is 1. The highest BCUT2D eigenvalue weighted by molar-refractivity contribution is 6.24. The van der Waals surface area contributed by atoms with E-state index in [2.05, 4.69) is 10.2 Å². The number of nitrogens with two attached hydrogens (primary N) is 1. The highest BCUT2D eigenvalue weighted by atomic mass is 19.1. The normalized spacial score (nSPS) is 29.4. The molecule has 3 aliphatic carbocycles. The van der Waals surface area contributed by atoms with Crippen molar-refractivity contribution < 1.29 is 39.2 Å². The molecule has 1 aromatic rings. The molecule has 0 saturated heterocycles. The Morgan fingerprint density at radius 1 is 1.20 bits per heavy atom. The molecule has 0 radical (unpaired) electrons. The van der Waals surface area contributed by atoms with E-state index < -0.39 is 69.6 Å². The van der Waals surface area contributed by atoms with Gasteiger partial charge in [-0.1, -0.05) is 6.92 Å². The first-order chi connectivity index (χ1) is 19.1. The first-order valence-corrected chi connectivity index (χ1v) is 13.8. The van der Waals surface area contributed by atoms with Crippen LogP contribution in [-0.2, 0) is 22.6 Å². The van der Waals surface area contributed by atoms with Crippen molar-refractivity contribution in [3.8, 4) is 5.75 Å². The summed E-state index contributed by atoms with van der Waals surface area (Å²) in [6.45, 7) is 7.29. The summed E-state index contributed by atoms with van der Waals surface area (Å²) in [5.74, 6) is -8.25. The van der Waals surface area contributed by atoms with Crippen LogP contribution in [0, 0.1) is 17.7 Å². The molecule has 4 aliphatic rings. The Morgan fingerprint density at radius 3 is 2.44 bits per heavy atom. The van der Waals surface area contributed by atoms with E-state index in [1.165, 1.54) is 4.90 Å². The van der Waals surface area contributed by atoms with Gasteiger partial charge in [-0.15, -0.1) is 0 Å². The molecule has 0 bridgehead atoms. The maximum absolute atomic E-state index is 16.3. The summed E-state index contributed by atoms with van der Waals surface area (Å²) >= 11 is 0. The van der Waals surface area contributed by atoms with E-state index in [1.54, 1.807) is 14.1 Å². The molecular formula is C29H37FN4O7. The number of fused-ring (bicyclic) bond motifs is 4. The number of amides is 1. The number of aliphatic hydroxyl groups is 3. The summed E-state index contributed by atoms with van der Waals surface area (Å²) in [5.41, 5.74) is 1.04. The molecule has 7 N–H and O–H groups in total. The second-order valence-corrected chi connectivity index (χ2v) is 12.4. The monoisotopic (exact) mass is 572 g/mol. The third-order valence-corrected chi connectivity index (χ3v) is 9.32. The van der Waals surface area contributed by atoms with Crippen LogP contribution in [-0.4, -0.2) is 92.1 Å². The Hall–Kier alpha value is -3.48. The van der Waals surface area contributed by atoms with Crippen molar-refractivity contribution >= 4 is 23.2 Å². The van der Waals surface area contributed by atoms with Gasteiger partial charge < -0.3 is 31.5 Å². The summed E-state index contributed by atoms with van der Waals surface area (Å²) in [5, 5.41) is 48.5. The van der Waals surface area contributed by atoms with Gasteiger partial charge in [0, 0.05) is 41.2 Å². The molecule has 4 atom stereocenters. The lowest BCUT2D eigenvalue weighted by Gasteiger charge is -2.50. The number of nitrogens with one attached hydrogen (secondary N) is 1. The molecule has 1 heterocycles. The predicted molar refractivity (Wildman–Crippen MR) is 147 cm³/mol. The van der Waals surface area contributed by atoms with E-state index in [0.29, 0.717) is 13.1 Å². The Balaban J connectivity index is 1.69. The number of nitrogens with zero attached hydrogens (tertiary/aromatic N) is 2. The van der Waals surface area contributed by atoms with Crippen LogP contribution in [0.2, 0.25) is 0 Å². The first-order valence-electron chi connectivity index (χ1n) is 13.8. The number of aromatic hydroxyl groups is 1. The minimum absolute atomic E-state index is 0.00248. The van der Waals surface area contributed by atoms with E-state index in [-0.39, 0.29) is 52.9 Å². The number of carbonyl (C=O) groups is 3. The molecule has 5 rings (SSSR count). The van der Waals surface area contributed by atoms with Gasteiger partial charge in [0.25, 0.3) is 5.91 Å². The number of phenols is 1. The fourth-order valence-corrected chi connectivity index (χ4v) is 7.21. The predicted octanol–water partition coefficient (Wildman–Crippen LogP) is 1.68. The molecule has 0 unspecified atom stereocenters. The summed E-state index contributed by atoms with van der Waals surface area (Å²) in [6.07, 6.45) is 0.634. The average molecular weight is 573 g/mol. The zero-order valence-corrected chi connectivity index (χ0v) is 23.8. The first kappa shape index (κ1) is 29.0. The number of aliphatic hydroxyl groups excluding tert-OH is 2. The van der Waals surface area contributed by atoms with Crippen LogP contribution < -0.4 is 11.1 Å². The second-order valence-electron chi connectivity index (χ2n) is 12.4. The van der Waals surface area contributed by atoms with E-state index in [0.717, 1.165) is 6.42 Å². The van der Waals surface area contributed by atoms with Crippen molar-refractivity contribution in [2.75, 3.05) is 32.5 Å². The number of hydrogen-bond donors (Lipinski definition) is 6. The zero-order chi connectivity index (χ0) is 30.3. The lowest BCUT2D eigenvalue weighted by molar-refractivity contribution is -0.148. The number of carbonyl (C=O) groups excluding carboxylic acids is 3. The van der Waals surface area contributed by atoms with Crippen molar-refractivity contribution in [2.24, 2.45) is 17.6 Å². The van der Waals surface area contributed by atoms with Crippen LogP contribution in [0.3, 0.4) is 0 Å². The molecule has 1 aromatic carbocycles. The van der Waals surface area contributed by atoms with Gasteiger partial charge in [-0.25, -0.2) is 4.39 Å². The molecule has 0 aromatic heterocycles. The molecule has 0 saturated carbocycles. The number of anilines is 1. The number of ketones is 2. The Kier molecular flexibility index (Phi) is 6.75. The molecule has 12 heteroatoms. The fourth-order valence-electron chi connectivity index (χ4n) is 7.21. The minimum Gasteiger partial charge on any atom is -0.510 e. The smallest absolute Gasteiger partial charge is 0.255 e. The number of phenolic OH excluding ortho intramolecular Hbond substituents is 1. The van der Waals surface area contributed by atoms with Crippen LogP contribution in [0.15, 0.2) is 22.7 Å². The van der Waals surface area contributed by atoms with Gasteiger partial charge in [-0.2, -0.15) is 0 Å². The quantitative estimate of drug-likeness (QED) is 0.230. The number of primary amides is 1. The summed E-state index contributed by atoms with van der Waals surface area (Å²) in [6, 6.07) is -1.11. The zero-order valence-electron chi connectivity index (χ0n) is 23.8. The lowest BCUT2D eigenvalue weighted by atomic mass is 9.58. The van der Waals surface area contributed by atoms with Crippen molar-refractivity contribution in [3.63, 3.8) is 0 Å². The van der Waals surface area contributed by atoms with Crippen molar-refractivity contribution in [1.82, 2.24) is 9.80 Å². The molecule has 1 aliphatic heterocycles. The third kappa shape index (κ3) is 3.91. The minimum atomic E-state index is -2.74. The number of hydrogen-bond acceptors (Lipinski definition) is 10. The Labute approximate surface area is 237 Å². The van der Waals surface area contributed by atoms with Crippen LogP contribution in [0.25, 0.3) is 0 Å². The third-order valence-electron chi connectivity index (χ3n) is 9.32. The Morgan fingerprint density at radius 2 is 1.85 bits per heavy atom. The van der Waals surface area contributed by atoms with Crippen LogP contribution >= 0.6 is 0 Å². The number of rotatable bonds is 4. The second kappa shape index (κ2) is 9.53. The van der Waals surface area contributed by atoms with Gasteiger partial charge in [-0.05, 0) is 59.7 Å². The molecule has 1 amide bonds. The summed E-state index contributed by atoms with van der Waals surface area (Å²) in [4.78, 5) is 43.1. The van der Waals surface area contributed by atoms with Gasteiger partial charge in [-0.3, -0.25) is 24.2 Å². The summed E-state index contributed by atoms with van der Waals surface area (Å²) < 4.78 is 16.3. The van der Waals surface area contributed by atoms with Gasteiger partial charge in [0.1, 0.15) is 22.9 Å². The molecule has 11 nitrogen and oxygen atoms in total. The van der Waals surface area contributed by atoms with E-state index in [9.17, 15) is 34.8 Å². The van der Waals surface area contributed by atoms with E-state index in [4.69, 9.17) is 5.73 Å². The van der Waals surface area contributed by atoms with Gasteiger partial charge in [0.05, 0.1) is 17.3 Å². The number of allylic oxidation sites excluding steroid dienone is 1. The maximum atomic E-state index is 16.3. The topological polar surface area (TPSA) is 177 Å². The molecule has 0 fully saturated rings. The van der Waals surface area contributed by atoms with Crippen LogP contribution in [0.5, 0.6) is 5.75 Å². The van der Waals surface area contributed by atoms with Crippen LogP contribution in [0.4, 0.5) is 10.1 Å². The van der Waals surface area contributed by atoms with Crippen molar-refractivity contribution in [2.45, 2.75) is 63.8 Å². The number of Topliss-reactive ketones (excluding diaryl/α,β-unsaturated/α-hetero) is 2. The van der Waals surface area contributed by atoms with Gasteiger partial charge >= 0.3 is 0 Å². The van der Waals surface area contributed by atoms with Crippen molar-refractivity contribution in [3.05, 3.63) is 45.2 Å². The molecule has 222 valence electrons. The molecule has 41 heavy (non-hydrogen) atoms. The lowest BCUT2D eigenvalue weighted by Crippen LogP contribution is -2.63. The highest BCUT2D eigenvalue weighted by Crippen LogP contribution is 2.53. The standard InChI is InChI=1S/C29H37FN4O7/c1-6-7-34-10-14-19(30)13-8-12-9-15-21(33(4)5)24(37)18(27(31)40)26(39)29(15,41)25(38)16(12)22(35)17(13)23(36)20(14)32-11-28(34,2)3/h12,15,21,32,36-38,41H,6-11H2,1-5H3,(H2,31,40)/t12-,15-,21-,29-/m0/s1. The van der Waals surface area contributed by atoms with E-state index >= 15 is 4.39 Å². The van der Waals surface area contributed by atoms with Crippen LogP contribution in [0.1, 0.15) is 55.1 Å². The summed E-state index contributed by atoms with van der Waals surface area (Å²) in [7, 11) is 3.10. The van der Waals surface area contributed by atoms with Gasteiger partial charge in [0.2, 0.25) is 5.78 Å². The van der Waals surface area contributed by atoms with Crippen molar-refractivity contribution in [1.29, 1.82) is 0 Å². The number of benzene rings is 1. The molecule has 0 spiro atoms. The fraction of sp³-hybridized carbons (Fsp3) is 0.552. The Bertz CT molecular complexity index is 1450. The maximum Gasteiger partial charge on any atom is 0.255 e. The SMILES string of the molecule is CCCN1Cc2c(F)c3c(c(O)c2NCC1(C)C)C(=O)C1=C(O)[C@]2(O)C(=O)C(C(N)=O)=C(O)[C@@H](N(C)C)[C@@H]2C[C@@H]1C3. The van der Waals surface area contributed by atoms with Gasteiger partial charge in [0.15, 0.2) is 17.1 Å². The highest BCUT2D eigenvalue weighted by Gasteiger charge is 2.63. The average Bonchev–Trinajstić information content (AvgIpc) is 3.00. The van der Waals surface area contributed by atoms with E-state index in [1.807, 2.05) is 20.8 Å². The largest absolute Gasteiger partial charge is 0.510 e. The number of likely N-dealkylation sites (N-methyl/N-ethyl adjacent to an activating group) is 1. The molecular weight excluding hydrogens is 535 g/mol.